The first-order valence-electron chi connectivity index (χ1n) is 12.9. The average Bonchev–Trinajstić information content (AvgIpc) is 3.66. The Morgan fingerprint density at radius 3 is 2.73 bits per heavy atom. The molecule has 1 aliphatic rings. The third-order valence-corrected chi connectivity index (χ3v) is 6.79. The van der Waals surface area contributed by atoms with E-state index in [0.29, 0.717) is 36.0 Å². The molecule has 4 heterocycles. The Labute approximate surface area is 227 Å². The number of nitrogens with one attached hydrogen (secondary N) is 3. The number of piperidine rings is 1. The Balaban J connectivity index is 1.40. The second-order valence-corrected chi connectivity index (χ2v) is 10.7. The average molecular weight is 558 g/mol. The highest BCUT2D eigenvalue weighted by Crippen LogP contribution is 2.37. The van der Waals surface area contributed by atoms with Crippen molar-refractivity contribution < 1.29 is 27.3 Å². The molecule has 1 aliphatic heterocycles. The summed E-state index contributed by atoms with van der Waals surface area (Å²) in [5.41, 5.74) is 1.07. The fraction of sp³-hybridized carbons (Fsp3) is 0.407. The SMILES string of the molecule is CC(C)(C)n1ccc(C(=O)NCc2nc(-c3cc4c(N[C@H]5CCC(=O)NC5)cccc4n3C(F)C(F)F)no2)c1. The molecule has 13 heteroatoms. The van der Waals surface area contributed by atoms with E-state index < -0.39 is 12.7 Å². The van der Waals surface area contributed by atoms with Crippen LogP contribution in [0.1, 0.15) is 56.2 Å². The maximum absolute atomic E-state index is 14.9. The third kappa shape index (κ3) is 5.54. The van der Waals surface area contributed by atoms with Gasteiger partial charge in [0.1, 0.15) is 0 Å². The summed E-state index contributed by atoms with van der Waals surface area (Å²) in [5, 5.41) is 13.2. The maximum atomic E-state index is 14.9. The van der Waals surface area contributed by atoms with E-state index in [1.54, 1.807) is 24.4 Å². The first kappa shape index (κ1) is 27.3. The lowest BCUT2D eigenvalue weighted by atomic mass is 10.1. The summed E-state index contributed by atoms with van der Waals surface area (Å²) < 4.78 is 50.2. The number of rotatable bonds is 8. The van der Waals surface area contributed by atoms with Gasteiger partial charge in [-0.3, -0.25) is 9.59 Å². The van der Waals surface area contributed by atoms with Gasteiger partial charge in [-0.05, 0) is 51.5 Å². The molecule has 2 amide bonds. The van der Waals surface area contributed by atoms with Gasteiger partial charge in [0.25, 0.3) is 12.3 Å². The molecule has 3 aromatic heterocycles. The summed E-state index contributed by atoms with van der Waals surface area (Å²) in [5.74, 6) is -0.458. The van der Waals surface area contributed by atoms with Crippen LogP contribution in [-0.2, 0) is 16.9 Å². The number of hydrogen-bond acceptors (Lipinski definition) is 6. The van der Waals surface area contributed by atoms with Crippen LogP contribution < -0.4 is 16.0 Å². The minimum Gasteiger partial charge on any atom is -0.380 e. The van der Waals surface area contributed by atoms with E-state index in [9.17, 15) is 22.8 Å². The van der Waals surface area contributed by atoms with Crippen LogP contribution in [0.15, 0.2) is 47.2 Å². The number of anilines is 1. The van der Waals surface area contributed by atoms with Gasteiger partial charge in [-0.2, -0.15) is 4.98 Å². The molecule has 40 heavy (non-hydrogen) atoms. The predicted octanol–water partition coefficient (Wildman–Crippen LogP) is 4.60. The molecule has 0 radical (unpaired) electrons. The van der Waals surface area contributed by atoms with E-state index >= 15 is 0 Å². The summed E-state index contributed by atoms with van der Waals surface area (Å²) >= 11 is 0. The zero-order valence-electron chi connectivity index (χ0n) is 22.2. The largest absolute Gasteiger partial charge is 0.380 e. The normalized spacial score (nSPS) is 16.8. The Kier molecular flexibility index (Phi) is 7.30. The van der Waals surface area contributed by atoms with Crippen molar-refractivity contribution in [1.29, 1.82) is 0 Å². The van der Waals surface area contributed by atoms with Gasteiger partial charge in [-0.1, -0.05) is 11.2 Å². The van der Waals surface area contributed by atoms with Crippen molar-refractivity contribution in [2.45, 2.75) is 64.5 Å². The van der Waals surface area contributed by atoms with Crippen molar-refractivity contribution in [2.75, 3.05) is 11.9 Å². The summed E-state index contributed by atoms with van der Waals surface area (Å²) in [7, 11) is 0. The van der Waals surface area contributed by atoms with Crippen LogP contribution >= 0.6 is 0 Å². The topological polar surface area (TPSA) is 119 Å². The van der Waals surface area contributed by atoms with Crippen LogP contribution in [-0.4, -0.2) is 50.1 Å². The van der Waals surface area contributed by atoms with E-state index in [1.807, 2.05) is 31.5 Å². The molecule has 0 aliphatic carbocycles. The molecule has 1 saturated heterocycles. The smallest absolute Gasteiger partial charge is 0.288 e. The molecule has 212 valence electrons. The number of aromatic nitrogens is 4. The van der Waals surface area contributed by atoms with E-state index in [4.69, 9.17) is 4.52 Å². The molecule has 0 bridgehead atoms. The Hall–Kier alpha value is -4.29. The van der Waals surface area contributed by atoms with Gasteiger partial charge in [0.15, 0.2) is 0 Å². The summed E-state index contributed by atoms with van der Waals surface area (Å²) in [4.78, 5) is 28.4. The van der Waals surface area contributed by atoms with Gasteiger partial charge >= 0.3 is 0 Å². The molecule has 1 fully saturated rings. The van der Waals surface area contributed by atoms with Crippen molar-refractivity contribution in [3.05, 3.63) is 54.2 Å². The number of alkyl halides is 3. The summed E-state index contributed by atoms with van der Waals surface area (Å²) in [6.07, 6.45) is -1.47. The van der Waals surface area contributed by atoms with Gasteiger partial charge in [0, 0.05) is 48.0 Å². The number of benzene rings is 1. The lowest BCUT2D eigenvalue weighted by molar-refractivity contribution is -0.122. The minimum atomic E-state index is -3.30. The zero-order valence-corrected chi connectivity index (χ0v) is 22.2. The van der Waals surface area contributed by atoms with Crippen molar-refractivity contribution in [1.82, 2.24) is 29.9 Å². The second-order valence-electron chi connectivity index (χ2n) is 10.7. The molecule has 4 aromatic rings. The number of halogens is 3. The number of amides is 2. The van der Waals surface area contributed by atoms with Crippen LogP contribution in [0.2, 0.25) is 0 Å². The van der Waals surface area contributed by atoms with Crippen molar-refractivity contribution in [3.63, 3.8) is 0 Å². The van der Waals surface area contributed by atoms with Crippen LogP contribution in [0, 0.1) is 0 Å². The third-order valence-electron chi connectivity index (χ3n) is 6.79. The monoisotopic (exact) mass is 557 g/mol. The highest BCUT2D eigenvalue weighted by Gasteiger charge is 2.29. The Morgan fingerprint density at radius 1 is 1.25 bits per heavy atom. The molecular formula is C27H30F3N7O3. The van der Waals surface area contributed by atoms with E-state index in [0.717, 1.165) is 4.57 Å². The zero-order chi connectivity index (χ0) is 28.6. The van der Waals surface area contributed by atoms with E-state index in [-0.39, 0.29) is 52.9 Å². The first-order chi connectivity index (χ1) is 19.0. The molecule has 1 unspecified atom stereocenters. The molecule has 0 spiro atoms. The Morgan fingerprint density at radius 2 is 2.05 bits per heavy atom. The number of nitrogens with zero attached hydrogens (tertiary/aromatic N) is 4. The summed E-state index contributed by atoms with van der Waals surface area (Å²) in [6, 6.07) is 8.06. The van der Waals surface area contributed by atoms with Crippen LogP contribution in [0.4, 0.5) is 18.9 Å². The van der Waals surface area contributed by atoms with E-state index in [1.165, 1.54) is 12.1 Å². The maximum Gasteiger partial charge on any atom is 0.288 e. The second kappa shape index (κ2) is 10.7. The van der Waals surface area contributed by atoms with Crippen LogP contribution in [0.3, 0.4) is 0 Å². The first-order valence-corrected chi connectivity index (χ1v) is 12.9. The molecule has 10 nitrogen and oxygen atoms in total. The molecule has 2 atom stereocenters. The standard InChI is InChI=1S/C27H30F3N7O3/c1-27(2,3)36-10-9-15(14-36)26(39)32-13-22-34-25(35-40-22)20-11-17-18(33-16-7-8-21(38)31-12-16)5-4-6-19(17)37(20)24(30)23(28)29/h4-6,9-11,14,16,23-24,33H,7-8,12-13H2,1-3H3,(H,31,38)(H,32,39)/t16-,24?/m0/s1. The highest BCUT2D eigenvalue weighted by molar-refractivity contribution is 5.96. The lowest BCUT2D eigenvalue weighted by Crippen LogP contribution is -2.41. The minimum absolute atomic E-state index is 0.00224. The fourth-order valence-corrected chi connectivity index (χ4v) is 4.64. The van der Waals surface area contributed by atoms with E-state index in [2.05, 4.69) is 26.1 Å². The van der Waals surface area contributed by atoms with Crippen molar-refractivity contribution in [2.24, 2.45) is 0 Å². The number of fused-ring (bicyclic) bond motifs is 1. The van der Waals surface area contributed by atoms with Crippen LogP contribution in [0.25, 0.3) is 22.4 Å². The number of hydrogen-bond donors (Lipinski definition) is 3. The molecule has 5 rings (SSSR count). The lowest BCUT2D eigenvalue weighted by Gasteiger charge is -2.24. The molecule has 3 N–H and O–H groups in total. The fourth-order valence-electron chi connectivity index (χ4n) is 4.64. The summed E-state index contributed by atoms with van der Waals surface area (Å²) in [6.45, 7) is 6.34. The van der Waals surface area contributed by atoms with Crippen molar-refractivity contribution in [3.8, 4) is 11.5 Å². The van der Waals surface area contributed by atoms with Gasteiger partial charge in [-0.25, -0.2) is 13.2 Å². The van der Waals surface area contributed by atoms with Gasteiger partial charge in [0.05, 0.1) is 23.3 Å². The highest BCUT2D eigenvalue weighted by atomic mass is 19.3. The Bertz CT molecular complexity index is 1530. The molecule has 0 saturated carbocycles. The van der Waals surface area contributed by atoms with Crippen LogP contribution in [0.5, 0.6) is 0 Å². The quantitative estimate of drug-likeness (QED) is 0.291. The predicted molar refractivity (Wildman–Crippen MR) is 142 cm³/mol. The van der Waals surface area contributed by atoms with Crippen molar-refractivity contribution >= 4 is 28.4 Å². The van der Waals surface area contributed by atoms with Gasteiger partial charge in [0.2, 0.25) is 23.9 Å². The number of carbonyl (C=O) groups is 2. The number of carbonyl (C=O) groups excluding carboxylic acids is 2. The molecular weight excluding hydrogens is 527 g/mol. The van der Waals surface area contributed by atoms with Gasteiger partial charge in [-0.15, -0.1) is 0 Å². The van der Waals surface area contributed by atoms with Gasteiger partial charge < -0.3 is 29.6 Å². The molecule has 1 aromatic carbocycles.